The molecule has 154 valence electrons. The topological polar surface area (TPSA) is 46.3 Å². The maximum absolute atomic E-state index is 5.16. The van der Waals surface area contributed by atoms with Crippen molar-refractivity contribution in [2.45, 2.75) is 51.9 Å². The highest BCUT2D eigenvalue weighted by molar-refractivity contribution is 8.14. The van der Waals surface area contributed by atoms with Gasteiger partial charge >= 0.3 is 0 Å². The fraction of sp³-hybridized carbons (Fsp3) is 0.375. The van der Waals surface area contributed by atoms with E-state index in [0.717, 1.165) is 24.4 Å². The summed E-state index contributed by atoms with van der Waals surface area (Å²) < 4.78 is 2.41. The van der Waals surface area contributed by atoms with Gasteiger partial charge in [0.15, 0.2) is 5.17 Å². The van der Waals surface area contributed by atoms with Crippen LogP contribution in [0.5, 0.6) is 0 Å². The molecule has 5 heterocycles. The van der Waals surface area contributed by atoms with Crippen LogP contribution in [0, 0.1) is 13.8 Å². The second kappa shape index (κ2) is 7.91. The molecule has 1 fully saturated rings. The van der Waals surface area contributed by atoms with Gasteiger partial charge in [0.2, 0.25) is 0 Å². The van der Waals surface area contributed by atoms with Gasteiger partial charge in [0.05, 0.1) is 11.7 Å². The van der Waals surface area contributed by atoms with Gasteiger partial charge in [-0.1, -0.05) is 30.8 Å². The molecule has 0 amide bonds. The summed E-state index contributed by atoms with van der Waals surface area (Å²) in [6.07, 6.45) is 6.80. The average Bonchev–Trinajstić information content (AvgIpc) is 3.43. The number of aliphatic imine (C=N–C) groups is 1. The van der Waals surface area contributed by atoms with Crippen LogP contribution in [-0.2, 0) is 6.54 Å². The number of hydrogen-bond acceptors (Lipinski definition) is 5. The van der Waals surface area contributed by atoms with Crippen molar-refractivity contribution in [1.82, 2.24) is 19.4 Å². The first kappa shape index (κ1) is 19.4. The largest absolute Gasteiger partial charge is 0.344 e. The van der Waals surface area contributed by atoms with Gasteiger partial charge in [-0.25, -0.2) is 0 Å². The van der Waals surface area contributed by atoms with E-state index in [9.17, 15) is 0 Å². The van der Waals surface area contributed by atoms with Crippen molar-refractivity contribution in [3.63, 3.8) is 0 Å². The average molecular weight is 418 g/mol. The molecular formula is C24H27N5S. The summed E-state index contributed by atoms with van der Waals surface area (Å²) in [4.78, 5) is 16.7. The first-order chi connectivity index (χ1) is 14.7. The van der Waals surface area contributed by atoms with Crippen LogP contribution in [0.4, 0.5) is 0 Å². The van der Waals surface area contributed by atoms with Crippen LogP contribution in [0.25, 0.3) is 0 Å². The Bertz CT molecular complexity index is 1060. The molecule has 30 heavy (non-hydrogen) atoms. The second-order valence-electron chi connectivity index (χ2n) is 8.11. The standard InChI is InChI=1S/C24H27N5S/c1-4-19-15-30-24-27-22(21-9-5-6-11-26-21)23(29(19)24)20-12-16(2)28(17(20)3)14-18-8-7-10-25-13-18/h5-13,19,22-23H,4,14-15H2,1-3H3/t19-,22+,23-/m1/s1. The molecule has 5 nitrogen and oxygen atoms in total. The minimum absolute atomic E-state index is 0.0374. The number of pyridine rings is 2. The Labute approximate surface area is 182 Å². The third-order valence-corrected chi connectivity index (χ3v) is 7.45. The maximum atomic E-state index is 5.16. The Morgan fingerprint density at radius 3 is 2.77 bits per heavy atom. The van der Waals surface area contributed by atoms with E-state index < -0.39 is 0 Å². The number of aryl methyl sites for hydroxylation is 1. The number of aromatic nitrogens is 3. The smallest absolute Gasteiger partial charge is 0.160 e. The van der Waals surface area contributed by atoms with Crippen molar-refractivity contribution >= 4 is 16.9 Å². The maximum Gasteiger partial charge on any atom is 0.160 e. The van der Waals surface area contributed by atoms with E-state index in [4.69, 9.17) is 4.99 Å². The number of rotatable bonds is 5. The zero-order valence-electron chi connectivity index (χ0n) is 17.7. The predicted molar refractivity (Wildman–Crippen MR) is 123 cm³/mol. The molecule has 0 aromatic carbocycles. The number of nitrogens with zero attached hydrogens (tertiary/aromatic N) is 5. The monoisotopic (exact) mass is 417 g/mol. The normalized spacial score (nSPS) is 23.0. The Kier molecular flexibility index (Phi) is 5.11. The van der Waals surface area contributed by atoms with Gasteiger partial charge < -0.3 is 9.47 Å². The van der Waals surface area contributed by atoms with E-state index in [0.29, 0.717) is 6.04 Å². The quantitative estimate of drug-likeness (QED) is 0.591. The van der Waals surface area contributed by atoms with E-state index in [1.54, 1.807) is 0 Å². The number of amidine groups is 1. The zero-order chi connectivity index (χ0) is 20.7. The number of hydrogen-bond donors (Lipinski definition) is 0. The molecule has 1 saturated heterocycles. The summed E-state index contributed by atoms with van der Waals surface area (Å²) in [6, 6.07) is 13.4. The molecule has 3 aromatic heterocycles. The Morgan fingerprint density at radius 1 is 1.13 bits per heavy atom. The fourth-order valence-corrected chi connectivity index (χ4v) is 6.07. The van der Waals surface area contributed by atoms with Gasteiger partial charge in [-0.05, 0) is 55.7 Å². The molecule has 0 unspecified atom stereocenters. The van der Waals surface area contributed by atoms with Crippen molar-refractivity contribution in [3.8, 4) is 0 Å². The lowest BCUT2D eigenvalue weighted by molar-refractivity contribution is 0.254. The van der Waals surface area contributed by atoms with Crippen molar-refractivity contribution < 1.29 is 0 Å². The summed E-state index contributed by atoms with van der Waals surface area (Å²) in [6.45, 7) is 7.57. The number of thioether (sulfide) groups is 1. The fourth-order valence-electron chi connectivity index (χ4n) is 4.73. The molecule has 5 rings (SSSR count). The first-order valence-corrected chi connectivity index (χ1v) is 11.6. The molecule has 3 atom stereocenters. The number of fused-ring (bicyclic) bond motifs is 1. The van der Waals surface area contributed by atoms with Crippen molar-refractivity contribution in [3.05, 3.63) is 83.2 Å². The van der Waals surface area contributed by atoms with Crippen LogP contribution in [0.2, 0.25) is 0 Å². The third-order valence-electron chi connectivity index (χ3n) is 6.32. The Hall–Kier alpha value is -2.60. The molecule has 0 aliphatic carbocycles. The van der Waals surface area contributed by atoms with E-state index >= 15 is 0 Å². The minimum Gasteiger partial charge on any atom is -0.344 e. The van der Waals surface area contributed by atoms with Crippen LogP contribution >= 0.6 is 11.8 Å². The molecule has 6 heteroatoms. The molecular weight excluding hydrogens is 390 g/mol. The van der Waals surface area contributed by atoms with Crippen LogP contribution in [0.15, 0.2) is 60.0 Å². The van der Waals surface area contributed by atoms with Crippen LogP contribution < -0.4 is 0 Å². The molecule has 0 spiro atoms. The zero-order valence-corrected chi connectivity index (χ0v) is 18.5. The highest BCUT2D eigenvalue weighted by atomic mass is 32.2. The van der Waals surface area contributed by atoms with E-state index in [1.165, 1.54) is 27.7 Å². The molecule has 2 aliphatic rings. The van der Waals surface area contributed by atoms with Gasteiger partial charge in [-0.2, -0.15) is 0 Å². The summed E-state index contributed by atoms with van der Waals surface area (Å²) in [5.41, 5.74) is 6.23. The van der Waals surface area contributed by atoms with Crippen molar-refractivity contribution in [1.29, 1.82) is 0 Å². The van der Waals surface area contributed by atoms with Crippen LogP contribution in [-0.4, -0.2) is 36.4 Å². The third kappa shape index (κ3) is 3.23. The summed E-state index contributed by atoms with van der Waals surface area (Å²) >= 11 is 1.90. The lowest BCUT2D eigenvalue weighted by Crippen LogP contribution is -2.35. The Morgan fingerprint density at radius 2 is 2.03 bits per heavy atom. The first-order valence-electron chi connectivity index (χ1n) is 10.6. The van der Waals surface area contributed by atoms with Crippen molar-refractivity contribution in [2.75, 3.05) is 5.75 Å². The van der Waals surface area contributed by atoms with Gasteiger partial charge in [-0.15, -0.1) is 0 Å². The SMILES string of the molecule is CC[C@@H]1CSC2=N[C@@H](c3ccccn3)[C@@H](c3cc(C)n(Cc4cccnc4)c3C)N21. The van der Waals surface area contributed by atoms with E-state index in [2.05, 4.69) is 64.5 Å². The van der Waals surface area contributed by atoms with Gasteiger partial charge in [0.1, 0.15) is 6.04 Å². The minimum atomic E-state index is 0.0374. The lowest BCUT2D eigenvalue weighted by atomic mass is 9.95. The molecule has 2 aliphatic heterocycles. The molecule has 3 aromatic rings. The van der Waals surface area contributed by atoms with Crippen molar-refractivity contribution in [2.24, 2.45) is 4.99 Å². The second-order valence-corrected chi connectivity index (χ2v) is 9.10. The Balaban J connectivity index is 1.57. The summed E-state index contributed by atoms with van der Waals surface area (Å²) in [5, 5.41) is 1.18. The lowest BCUT2D eigenvalue weighted by Gasteiger charge is -2.32. The molecule has 0 radical (unpaired) electrons. The van der Waals surface area contributed by atoms with E-state index in [1.807, 2.05) is 42.5 Å². The molecule has 0 saturated carbocycles. The molecule has 0 bridgehead atoms. The highest BCUT2D eigenvalue weighted by Crippen LogP contribution is 2.49. The van der Waals surface area contributed by atoms with E-state index in [-0.39, 0.29) is 12.1 Å². The summed E-state index contributed by atoms with van der Waals surface area (Å²) in [5.74, 6) is 1.12. The molecule has 0 N–H and O–H groups in total. The predicted octanol–water partition coefficient (Wildman–Crippen LogP) is 4.92. The summed E-state index contributed by atoms with van der Waals surface area (Å²) in [7, 11) is 0. The van der Waals surface area contributed by atoms with Gasteiger partial charge in [0, 0.05) is 48.3 Å². The van der Waals surface area contributed by atoms with Crippen LogP contribution in [0.3, 0.4) is 0 Å². The highest BCUT2D eigenvalue weighted by Gasteiger charge is 2.46. The van der Waals surface area contributed by atoms with Crippen LogP contribution in [0.1, 0.15) is 53.6 Å². The van der Waals surface area contributed by atoms with Gasteiger partial charge in [-0.3, -0.25) is 15.0 Å². The van der Waals surface area contributed by atoms with Gasteiger partial charge in [0.25, 0.3) is 0 Å².